The molecule has 1 rings (SSSR count). The van der Waals surface area contributed by atoms with E-state index >= 15 is 0 Å². The van der Waals surface area contributed by atoms with Crippen molar-refractivity contribution >= 4 is 39.6 Å². The van der Waals surface area contributed by atoms with Crippen LogP contribution in [0.25, 0.3) is 0 Å². The van der Waals surface area contributed by atoms with E-state index in [0.717, 1.165) is 24.4 Å². The quantitative estimate of drug-likeness (QED) is 0.752. The lowest BCUT2D eigenvalue weighted by atomic mass is 9.78. The molecule has 0 saturated carbocycles. The van der Waals surface area contributed by atoms with Gasteiger partial charge >= 0.3 is 0 Å². The summed E-state index contributed by atoms with van der Waals surface area (Å²) in [6, 6.07) is 0. The zero-order valence-corrected chi connectivity index (χ0v) is 12.2. The fourth-order valence-corrected chi connectivity index (χ4v) is 2.73. The number of anilines is 1. The van der Waals surface area contributed by atoms with Crippen molar-refractivity contribution < 1.29 is 4.79 Å². The molecular formula is C11H18N4OS2. The number of aromatic nitrogens is 2. The number of carbonyl (C=O) groups excluding carboxylic acids is 1. The van der Waals surface area contributed by atoms with E-state index in [2.05, 4.69) is 14.9 Å². The molecule has 1 heterocycles. The first-order chi connectivity index (χ1) is 8.56. The van der Waals surface area contributed by atoms with Gasteiger partial charge in [-0.1, -0.05) is 43.4 Å². The van der Waals surface area contributed by atoms with Gasteiger partial charge in [-0.3, -0.25) is 4.79 Å². The van der Waals surface area contributed by atoms with E-state index in [9.17, 15) is 4.79 Å². The van der Waals surface area contributed by atoms with Crippen LogP contribution in [-0.2, 0) is 4.79 Å². The molecule has 0 aliphatic carbocycles. The highest BCUT2D eigenvalue weighted by Gasteiger charge is 2.40. The normalized spacial score (nSPS) is 11.2. The number of nitrogens with one attached hydrogen (secondary N) is 1. The van der Waals surface area contributed by atoms with Gasteiger partial charge in [-0.15, -0.1) is 5.10 Å². The highest BCUT2D eigenvalue weighted by atomic mass is 32.1. The molecule has 0 fully saturated rings. The number of amides is 1. The summed E-state index contributed by atoms with van der Waals surface area (Å²) in [7, 11) is 0. The Labute approximate surface area is 116 Å². The van der Waals surface area contributed by atoms with Gasteiger partial charge in [0.15, 0.2) is 0 Å². The zero-order chi connectivity index (χ0) is 13.6. The lowest BCUT2D eigenvalue weighted by molar-refractivity contribution is -0.122. The van der Waals surface area contributed by atoms with Gasteiger partial charge in [-0.2, -0.15) is 0 Å². The van der Waals surface area contributed by atoms with Crippen molar-refractivity contribution in [2.45, 2.75) is 39.5 Å². The molecule has 3 N–H and O–H groups in total. The van der Waals surface area contributed by atoms with E-state index in [-0.39, 0.29) is 10.9 Å². The Balaban J connectivity index is 2.93. The van der Waals surface area contributed by atoms with E-state index in [1.807, 2.05) is 13.8 Å². The predicted molar refractivity (Wildman–Crippen MR) is 77.6 cm³/mol. The molecule has 0 aliphatic rings. The summed E-state index contributed by atoms with van der Waals surface area (Å²) in [5, 5.41) is 7.10. The van der Waals surface area contributed by atoms with Crippen LogP contribution in [0.2, 0.25) is 0 Å². The maximum Gasteiger partial charge on any atom is 0.238 e. The molecule has 0 aromatic carbocycles. The fourth-order valence-electron chi connectivity index (χ4n) is 2.02. The second-order valence-electron chi connectivity index (χ2n) is 4.18. The van der Waals surface area contributed by atoms with Gasteiger partial charge in [-0.05, 0) is 12.8 Å². The number of rotatable bonds is 7. The second-order valence-corrected chi connectivity index (χ2v) is 5.41. The van der Waals surface area contributed by atoms with E-state index in [4.69, 9.17) is 18.0 Å². The SMILES string of the molecule is CCCC(CCC)(C(=O)Nc1cnns1)C(N)=S. The van der Waals surface area contributed by atoms with Crippen molar-refractivity contribution in [3.63, 3.8) is 0 Å². The van der Waals surface area contributed by atoms with Crippen LogP contribution in [0.4, 0.5) is 5.00 Å². The van der Waals surface area contributed by atoms with Gasteiger partial charge in [0, 0.05) is 11.5 Å². The first kappa shape index (κ1) is 15.0. The zero-order valence-electron chi connectivity index (χ0n) is 10.6. The molecule has 100 valence electrons. The van der Waals surface area contributed by atoms with E-state index in [0.29, 0.717) is 17.8 Å². The van der Waals surface area contributed by atoms with Crippen molar-refractivity contribution in [3.8, 4) is 0 Å². The van der Waals surface area contributed by atoms with Crippen LogP contribution in [0.3, 0.4) is 0 Å². The van der Waals surface area contributed by atoms with Crippen molar-refractivity contribution in [2.75, 3.05) is 5.32 Å². The summed E-state index contributed by atoms with van der Waals surface area (Å²) >= 11 is 6.26. The second kappa shape index (κ2) is 6.75. The van der Waals surface area contributed by atoms with Gasteiger partial charge in [0.2, 0.25) is 5.91 Å². The van der Waals surface area contributed by atoms with Gasteiger partial charge in [0.05, 0.1) is 16.6 Å². The van der Waals surface area contributed by atoms with Crippen LogP contribution in [0.1, 0.15) is 39.5 Å². The Hall–Kier alpha value is -1.08. The molecular weight excluding hydrogens is 268 g/mol. The highest BCUT2D eigenvalue weighted by molar-refractivity contribution is 7.80. The van der Waals surface area contributed by atoms with Crippen LogP contribution < -0.4 is 11.1 Å². The van der Waals surface area contributed by atoms with E-state index in [1.165, 1.54) is 6.20 Å². The number of hydrogen-bond donors (Lipinski definition) is 2. The predicted octanol–water partition coefficient (Wildman–Crippen LogP) is 2.35. The third-order valence-corrected chi connectivity index (χ3v) is 3.83. The minimum atomic E-state index is -0.761. The maximum atomic E-state index is 12.4. The smallest absolute Gasteiger partial charge is 0.238 e. The molecule has 18 heavy (non-hydrogen) atoms. The fraction of sp³-hybridized carbons (Fsp3) is 0.636. The molecule has 0 bridgehead atoms. The molecule has 7 heteroatoms. The molecule has 0 spiro atoms. The Morgan fingerprint density at radius 1 is 1.50 bits per heavy atom. The first-order valence-electron chi connectivity index (χ1n) is 5.95. The molecule has 0 aliphatic heterocycles. The third kappa shape index (κ3) is 3.23. The molecule has 0 saturated heterocycles. The third-order valence-electron chi connectivity index (χ3n) is 2.86. The van der Waals surface area contributed by atoms with Crippen LogP contribution in [0, 0.1) is 5.41 Å². The Morgan fingerprint density at radius 3 is 2.50 bits per heavy atom. The number of nitrogens with zero attached hydrogens (tertiary/aromatic N) is 2. The number of nitrogens with two attached hydrogens (primary N) is 1. The summed E-state index contributed by atoms with van der Waals surface area (Å²) in [4.78, 5) is 12.7. The lowest BCUT2D eigenvalue weighted by Crippen LogP contribution is -2.45. The summed E-state index contributed by atoms with van der Waals surface area (Å²) in [5.41, 5.74) is 5.06. The van der Waals surface area contributed by atoms with Gasteiger partial charge in [0.1, 0.15) is 5.00 Å². The largest absolute Gasteiger partial charge is 0.392 e. The number of hydrogen-bond acceptors (Lipinski definition) is 5. The van der Waals surface area contributed by atoms with Crippen LogP contribution in [-0.4, -0.2) is 20.5 Å². The molecule has 0 unspecified atom stereocenters. The van der Waals surface area contributed by atoms with Crippen LogP contribution in [0.5, 0.6) is 0 Å². The van der Waals surface area contributed by atoms with Gasteiger partial charge in [-0.25, -0.2) is 0 Å². The van der Waals surface area contributed by atoms with Crippen LogP contribution >= 0.6 is 23.8 Å². The number of carbonyl (C=O) groups is 1. The number of thiocarbonyl (C=S) groups is 1. The monoisotopic (exact) mass is 286 g/mol. The molecule has 1 aromatic heterocycles. The average molecular weight is 286 g/mol. The molecule has 0 atom stereocenters. The first-order valence-corrected chi connectivity index (χ1v) is 7.13. The standard InChI is InChI=1S/C11H18N4OS2/c1-3-5-11(6-4-2,9(12)17)10(16)14-8-7-13-15-18-8/h7H,3-6H2,1-2H3,(H2,12,17)(H,14,16). The van der Waals surface area contributed by atoms with Crippen molar-refractivity contribution in [3.05, 3.63) is 6.20 Å². The van der Waals surface area contributed by atoms with Gasteiger partial charge in [0.25, 0.3) is 0 Å². The Morgan fingerprint density at radius 2 is 2.11 bits per heavy atom. The summed E-state index contributed by atoms with van der Waals surface area (Å²) < 4.78 is 3.71. The Bertz CT molecular complexity index is 399. The minimum Gasteiger partial charge on any atom is -0.392 e. The molecule has 0 radical (unpaired) electrons. The van der Waals surface area contributed by atoms with E-state index < -0.39 is 5.41 Å². The minimum absolute atomic E-state index is 0.148. The van der Waals surface area contributed by atoms with Crippen molar-refractivity contribution in [2.24, 2.45) is 11.1 Å². The summed E-state index contributed by atoms with van der Waals surface area (Å²) in [5.74, 6) is -0.148. The summed E-state index contributed by atoms with van der Waals surface area (Å²) in [6.45, 7) is 4.04. The maximum absolute atomic E-state index is 12.4. The Kier molecular flexibility index (Phi) is 5.61. The molecule has 1 aromatic rings. The van der Waals surface area contributed by atoms with Crippen LogP contribution in [0.15, 0.2) is 6.20 Å². The van der Waals surface area contributed by atoms with Gasteiger partial charge < -0.3 is 11.1 Å². The molecule has 5 nitrogen and oxygen atoms in total. The summed E-state index contributed by atoms with van der Waals surface area (Å²) in [6.07, 6.45) is 4.55. The average Bonchev–Trinajstić information content (AvgIpc) is 2.80. The van der Waals surface area contributed by atoms with Crippen molar-refractivity contribution in [1.82, 2.24) is 9.59 Å². The highest BCUT2D eigenvalue weighted by Crippen LogP contribution is 2.32. The van der Waals surface area contributed by atoms with Crippen molar-refractivity contribution in [1.29, 1.82) is 0 Å². The topological polar surface area (TPSA) is 80.9 Å². The lowest BCUT2D eigenvalue weighted by Gasteiger charge is -2.30. The van der Waals surface area contributed by atoms with E-state index in [1.54, 1.807) is 0 Å². The molecule has 1 amide bonds.